The van der Waals surface area contributed by atoms with Crippen LogP contribution in [0.3, 0.4) is 0 Å². The predicted octanol–water partition coefficient (Wildman–Crippen LogP) is 3.33. The zero-order valence-corrected chi connectivity index (χ0v) is 21.0. The van der Waals surface area contributed by atoms with Crippen LogP contribution in [-0.2, 0) is 24.0 Å². The molecule has 4 amide bonds. The fourth-order valence-corrected chi connectivity index (χ4v) is 3.40. The molecule has 0 aromatic rings. The van der Waals surface area contributed by atoms with Gasteiger partial charge in [0.15, 0.2) is 5.78 Å². The average Bonchev–Trinajstić information content (AvgIpc) is 3.04. The van der Waals surface area contributed by atoms with E-state index in [1.165, 1.54) is 4.90 Å². The van der Waals surface area contributed by atoms with Gasteiger partial charge < -0.3 is 10.6 Å². The van der Waals surface area contributed by atoms with Crippen molar-refractivity contribution in [3.8, 4) is 0 Å². The number of nitrogens with one attached hydrogen (secondary N) is 2. The van der Waals surface area contributed by atoms with Gasteiger partial charge in [-0.2, -0.15) is 0 Å². The second kappa shape index (κ2) is 15.5. The highest BCUT2D eigenvalue weighted by Gasteiger charge is 2.39. The summed E-state index contributed by atoms with van der Waals surface area (Å²) in [5.41, 5.74) is 0. The Morgan fingerprint density at radius 1 is 1.06 bits per heavy atom. The van der Waals surface area contributed by atoms with Crippen LogP contribution in [0.4, 0.5) is 0 Å². The van der Waals surface area contributed by atoms with Crippen LogP contribution in [-0.4, -0.2) is 53.4 Å². The highest BCUT2D eigenvalue weighted by atomic mass is 16.2. The minimum Gasteiger partial charge on any atom is -0.347 e. The Kier molecular flexibility index (Phi) is 14.4. The summed E-state index contributed by atoms with van der Waals surface area (Å²) in [5, 5.41) is 5.32. The second-order valence-electron chi connectivity index (χ2n) is 8.65. The highest BCUT2D eigenvalue weighted by molar-refractivity contribution is 6.03. The first-order chi connectivity index (χ1) is 15.1. The van der Waals surface area contributed by atoms with Gasteiger partial charge in [-0.15, -0.1) is 0 Å². The van der Waals surface area contributed by atoms with Gasteiger partial charge in [-0.1, -0.05) is 54.9 Å². The van der Waals surface area contributed by atoms with E-state index in [0.29, 0.717) is 38.6 Å². The number of hydrogen-bond acceptors (Lipinski definition) is 5. The molecular formula is C24H47N3O5. The molecule has 8 nitrogen and oxygen atoms in total. The maximum Gasteiger partial charge on any atom is 0.243 e. The van der Waals surface area contributed by atoms with Gasteiger partial charge in [0.25, 0.3) is 0 Å². The topological polar surface area (TPSA) is 113 Å². The van der Waals surface area contributed by atoms with Crippen LogP contribution in [0.2, 0.25) is 0 Å². The Hall–Kier alpha value is -2.25. The molecule has 32 heavy (non-hydrogen) atoms. The van der Waals surface area contributed by atoms with E-state index < -0.39 is 6.04 Å². The molecule has 0 aromatic carbocycles. The number of rotatable bonds is 13. The van der Waals surface area contributed by atoms with Gasteiger partial charge in [-0.3, -0.25) is 28.9 Å². The molecule has 0 aliphatic carbocycles. The van der Waals surface area contributed by atoms with Crippen molar-refractivity contribution in [2.24, 2.45) is 17.8 Å². The minimum absolute atomic E-state index is 0. The van der Waals surface area contributed by atoms with E-state index in [2.05, 4.69) is 10.6 Å². The van der Waals surface area contributed by atoms with E-state index in [1.807, 2.05) is 41.5 Å². The predicted molar refractivity (Wildman–Crippen MR) is 129 cm³/mol. The number of unbranched alkanes of at least 4 members (excludes halogenated alkanes) is 2. The van der Waals surface area contributed by atoms with Crippen molar-refractivity contribution in [2.75, 3.05) is 13.1 Å². The van der Waals surface area contributed by atoms with E-state index in [9.17, 15) is 24.0 Å². The Morgan fingerprint density at radius 3 is 2.19 bits per heavy atom. The first-order valence-corrected chi connectivity index (χ1v) is 12.0. The number of hydrogen-bond donors (Lipinski definition) is 2. The lowest BCUT2D eigenvalue weighted by molar-refractivity contribution is -0.139. The quantitative estimate of drug-likeness (QED) is 0.325. The van der Waals surface area contributed by atoms with Crippen molar-refractivity contribution in [2.45, 2.75) is 93.0 Å². The molecule has 1 aliphatic heterocycles. The van der Waals surface area contributed by atoms with E-state index in [1.54, 1.807) is 6.92 Å². The summed E-state index contributed by atoms with van der Waals surface area (Å²) in [6, 6.07) is -0.685. The molecule has 1 unspecified atom stereocenters. The number of amides is 4. The molecule has 0 spiro atoms. The lowest BCUT2D eigenvalue weighted by Crippen LogP contribution is -2.50. The van der Waals surface area contributed by atoms with Gasteiger partial charge in [-0.05, 0) is 24.7 Å². The van der Waals surface area contributed by atoms with Crippen LogP contribution in [0.1, 0.15) is 89.8 Å². The summed E-state index contributed by atoms with van der Waals surface area (Å²) in [7, 11) is 0. The lowest BCUT2D eigenvalue weighted by atomic mass is 9.94. The maximum absolute atomic E-state index is 12.3. The van der Waals surface area contributed by atoms with Crippen molar-refractivity contribution in [1.29, 1.82) is 0 Å². The molecule has 2 atom stereocenters. The molecule has 0 saturated carbocycles. The number of ketones is 1. The molecule has 1 rings (SSSR count). The number of likely N-dealkylation sites (tertiary alicyclic amines) is 1. The third-order valence-corrected chi connectivity index (χ3v) is 5.49. The summed E-state index contributed by atoms with van der Waals surface area (Å²) in [6.07, 6.45) is 2.88. The molecule has 1 aliphatic rings. The van der Waals surface area contributed by atoms with Crippen molar-refractivity contribution >= 4 is 29.4 Å². The van der Waals surface area contributed by atoms with Crippen LogP contribution in [0.15, 0.2) is 0 Å². The molecular weight excluding hydrogens is 410 g/mol. The maximum atomic E-state index is 12.3. The summed E-state index contributed by atoms with van der Waals surface area (Å²) >= 11 is 0. The second-order valence-corrected chi connectivity index (χ2v) is 8.65. The monoisotopic (exact) mass is 457 g/mol. The smallest absolute Gasteiger partial charge is 0.243 e. The zero-order valence-electron chi connectivity index (χ0n) is 21.0. The molecule has 0 bridgehead atoms. The van der Waals surface area contributed by atoms with Crippen LogP contribution in [0, 0.1) is 17.8 Å². The molecule has 8 heteroatoms. The number of imide groups is 1. The van der Waals surface area contributed by atoms with E-state index in [0.717, 1.165) is 0 Å². The van der Waals surface area contributed by atoms with Crippen molar-refractivity contribution < 1.29 is 26.8 Å². The number of Topliss-reactive ketones (excluding diaryl/α,β-unsaturated/α-hetero) is 1. The Balaban J connectivity index is -0.00000233. The number of nitrogens with zero attached hydrogens (tertiary/aromatic N) is 1. The van der Waals surface area contributed by atoms with Gasteiger partial charge >= 0.3 is 0 Å². The zero-order chi connectivity index (χ0) is 24.8. The van der Waals surface area contributed by atoms with Crippen LogP contribution >= 0.6 is 0 Å². The minimum atomic E-state index is -0.685. The summed E-state index contributed by atoms with van der Waals surface area (Å²) in [4.78, 5) is 61.5. The molecule has 188 valence electrons. The normalized spacial score (nSPS) is 16.7. The van der Waals surface area contributed by atoms with Gasteiger partial charge in [-0.25, -0.2) is 0 Å². The van der Waals surface area contributed by atoms with Crippen LogP contribution in [0.5, 0.6) is 0 Å². The Labute approximate surface area is 196 Å². The summed E-state index contributed by atoms with van der Waals surface area (Å²) < 4.78 is 0. The lowest BCUT2D eigenvalue weighted by Gasteiger charge is -2.21. The SMILES string of the molecule is CC.CCC(=O)CNC(=O)[C@@H](NC(=O)CCCCCN1C(=O)CC(C(C)C)C1=O)C(C)C.[HH].[HH]. The van der Waals surface area contributed by atoms with Gasteiger partial charge in [0.1, 0.15) is 6.04 Å². The molecule has 2 N–H and O–H groups in total. The van der Waals surface area contributed by atoms with Crippen LogP contribution in [0.25, 0.3) is 0 Å². The van der Waals surface area contributed by atoms with Gasteiger partial charge in [0.05, 0.1) is 6.54 Å². The Bertz CT molecular complexity index is 657. The molecule has 1 heterocycles. The molecule has 1 fully saturated rings. The first-order valence-electron chi connectivity index (χ1n) is 12.0. The number of carbonyl (C=O) groups excluding carboxylic acids is 5. The van der Waals surface area contributed by atoms with Crippen molar-refractivity contribution in [3.63, 3.8) is 0 Å². The standard InChI is InChI=1S/C22H37N3O5.C2H6.2H2/c1-6-16(26)13-23-21(29)20(15(4)5)24-18(27)10-8-7-9-11-25-19(28)12-17(14(2)3)22(25)30;1-2;;/h14-15,17,20H,6-13H2,1-5H3,(H,23,29)(H,24,27);1-2H3;2*1H/t17?,20-;;;/m0.../s1. The van der Waals surface area contributed by atoms with E-state index >= 15 is 0 Å². The Morgan fingerprint density at radius 2 is 1.69 bits per heavy atom. The third-order valence-electron chi connectivity index (χ3n) is 5.49. The molecule has 1 saturated heterocycles. The van der Waals surface area contributed by atoms with Crippen molar-refractivity contribution in [3.05, 3.63) is 0 Å². The third kappa shape index (κ3) is 9.92. The van der Waals surface area contributed by atoms with Crippen molar-refractivity contribution in [1.82, 2.24) is 15.5 Å². The molecule has 0 radical (unpaired) electrons. The van der Waals surface area contributed by atoms with Gasteiger partial charge in [0.2, 0.25) is 23.6 Å². The number of carbonyl (C=O) groups is 5. The van der Waals surface area contributed by atoms with Crippen LogP contribution < -0.4 is 10.6 Å². The summed E-state index contributed by atoms with van der Waals surface area (Å²) in [6.45, 7) is 13.7. The molecule has 0 aromatic heterocycles. The van der Waals surface area contributed by atoms with Gasteiger partial charge in [0, 0.05) is 34.6 Å². The van der Waals surface area contributed by atoms with E-state index in [4.69, 9.17) is 0 Å². The fraction of sp³-hybridized carbons (Fsp3) is 0.792. The average molecular weight is 458 g/mol. The largest absolute Gasteiger partial charge is 0.347 e. The van der Waals surface area contributed by atoms with E-state index in [-0.39, 0.29) is 63.0 Å². The first kappa shape index (κ1) is 29.8. The fourth-order valence-electron chi connectivity index (χ4n) is 3.40. The summed E-state index contributed by atoms with van der Waals surface area (Å²) in [5.74, 6) is -0.997. The highest BCUT2D eigenvalue weighted by Crippen LogP contribution is 2.26.